The molecule has 1 aromatic heterocycles. The summed E-state index contributed by atoms with van der Waals surface area (Å²) in [5.41, 5.74) is 1.62. The summed E-state index contributed by atoms with van der Waals surface area (Å²) < 4.78 is 5.67. The maximum absolute atomic E-state index is 10.7. The van der Waals surface area contributed by atoms with Crippen molar-refractivity contribution in [2.24, 2.45) is 0 Å². The van der Waals surface area contributed by atoms with Crippen LogP contribution in [0.1, 0.15) is 16.0 Å². The van der Waals surface area contributed by atoms with Crippen LogP contribution < -0.4 is 4.74 Å². The first-order chi connectivity index (χ1) is 10.1. The van der Waals surface area contributed by atoms with E-state index in [1.54, 1.807) is 13.0 Å². The van der Waals surface area contributed by atoms with Crippen LogP contribution in [-0.4, -0.2) is 16.6 Å². The second kappa shape index (κ2) is 6.88. The molecule has 1 heterocycles. The first kappa shape index (κ1) is 15.0. The van der Waals surface area contributed by atoms with Gasteiger partial charge in [0.25, 0.3) is 5.69 Å². The molecule has 0 saturated heterocycles. The maximum atomic E-state index is 10.7. The topological polar surface area (TPSA) is 72.6 Å². The zero-order valence-electron chi connectivity index (χ0n) is 11.3. The van der Waals surface area contributed by atoms with Crippen molar-refractivity contribution in [3.63, 3.8) is 0 Å². The van der Waals surface area contributed by atoms with E-state index in [2.05, 4.69) is 11.8 Å². The minimum absolute atomic E-state index is 0.0533. The number of aliphatic hydroxyl groups excluding tert-OH is 1. The lowest BCUT2D eigenvalue weighted by Gasteiger charge is -2.07. The first-order valence-corrected chi connectivity index (χ1v) is 7.03. The lowest BCUT2D eigenvalue weighted by Crippen LogP contribution is -1.96. The number of aryl methyl sites for hydroxylation is 1. The number of benzene rings is 1. The predicted molar refractivity (Wildman–Crippen MR) is 80.4 cm³/mol. The summed E-state index contributed by atoms with van der Waals surface area (Å²) in [6, 6.07) is 6.42. The van der Waals surface area contributed by atoms with Crippen LogP contribution in [0.4, 0.5) is 5.69 Å². The van der Waals surface area contributed by atoms with Crippen molar-refractivity contribution in [3.8, 4) is 17.6 Å². The number of nitro groups is 1. The van der Waals surface area contributed by atoms with E-state index in [9.17, 15) is 10.1 Å². The molecule has 0 aliphatic rings. The van der Waals surface area contributed by atoms with Gasteiger partial charge in [0.15, 0.2) is 0 Å². The summed E-state index contributed by atoms with van der Waals surface area (Å²) >= 11 is 1.52. The average Bonchev–Trinajstić information content (AvgIpc) is 2.91. The van der Waals surface area contributed by atoms with Gasteiger partial charge in [-0.25, -0.2) is 0 Å². The number of aliphatic hydroxyl groups is 1. The van der Waals surface area contributed by atoms with Crippen LogP contribution in [0.25, 0.3) is 0 Å². The lowest BCUT2D eigenvalue weighted by atomic mass is 10.2. The number of ether oxygens (including phenoxy) is 1. The molecule has 0 aliphatic heterocycles. The minimum Gasteiger partial charge on any atom is -0.488 e. The number of rotatable bonds is 4. The van der Waals surface area contributed by atoms with Gasteiger partial charge in [0, 0.05) is 28.0 Å². The highest BCUT2D eigenvalue weighted by molar-refractivity contribution is 7.10. The number of nitro benzene ring substituents is 1. The van der Waals surface area contributed by atoms with Gasteiger partial charge in [-0.05, 0) is 24.6 Å². The predicted octanol–water partition coefficient (Wildman–Crippen LogP) is 2.89. The Bertz CT molecular complexity index is 712. The van der Waals surface area contributed by atoms with Crippen LogP contribution >= 0.6 is 11.3 Å². The Kier molecular flexibility index (Phi) is 4.93. The zero-order chi connectivity index (χ0) is 15.2. The molecule has 5 nitrogen and oxygen atoms in total. The molecule has 21 heavy (non-hydrogen) atoms. The Morgan fingerprint density at radius 1 is 1.43 bits per heavy atom. The summed E-state index contributed by atoms with van der Waals surface area (Å²) in [4.78, 5) is 11.2. The van der Waals surface area contributed by atoms with Crippen LogP contribution in [0, 0.1) is 28.9 Å². The van der Waals surface area contributed by atoms with E-state index >= 15 is 0 Å². The van der Waals surface area contributed by atoms with Crippen LogP contribution in [-0.2, 0) is 6.61 Å². The summed E-state index contributed by atoms with van der Waals surface area (Å²) in [5.74, 6) is 6.03. The molecule has 1 N–H and O–H groups in total. The van der Waals surface area contributed by atoms with E-state index in [-0.39, 0.29) is 12.3 Å². The van der Waals surface area contributed by atoms with Crippen molar-refractivity contribution < 1.29 is 14.8 Å². The minimum atomic E-state index is -0.428. The smallest absolute Gasteiger partial charge is 0.269 e. The lowest BCUT2D eigenvalue weighted by molar-refractivity contribution is -0.384. The Hall–Kier alpha value is -2.36. The SMILES string of the molecule is Cc1cc([N+](=O)[O-])ccc1OCc1cc(C#CCO)cs1. The second-order valence-electron chi connectivity index (χ2n) is 4.26. The molecular weight excluding hydrogens is 290 g/mol. The van der Waals surface area contributed by atoms with Crippen LogP contribution in [0.3, 0.4) is 0 Å². The van der Waals surface area contributed by atoms with Gasteiger partial charge in [0.05, 0.1) is 4.92 Å². The van der Waals surface area contributed by atoms with E-state index in [1.165, 1.54) is 23.5 Å². The van der Waals surface area contributed by atoms with Crippen molar-refractivity contribution in [1.29, 1.82) is 0 Å². The summed E-state index contributed by atoms with van der Waals surface area (Å²) in [5, 5.41) is 21.2. The number of thiophene rings is 1. The molecule has 0 atom stereocenters. The van der Waals surface area contributed by atoms with E-state index in [0.29, 0.717) is 12.4 Å². The fourth-order valence-electron chi connectivity index (χ4n) is 1.72. The largest absolute Gasteiger partial charge is 0.488 e. The normalized spacial score (nSPS) is 9.81. The van der Waals surface area contributed by atoms with Crippen molar-refractivity contribution in [1.82, 2.24) is 0 Å². The number of non-ortho nitro benzene ring substituents is 1. The van der Waals surface area contributed by atoms with Gasteiger partial charge in [-0.1, -0.05) is 11.8 Å². The maximum Gasteiger partial charge on any atom is 0.269 e. The van der Waals surface area contributed by atoms with Crippen molar-refractivity contribution in [2.75, 3.05) is 6.61 Å². The highest BCUT2D eigenvalue weighted by atomic mass is 32.1. The van der Waals surface area contributed by atoms with Crippen molar-refractivity contribution in [3.05, 3.63) is 55.8 Å². The fraction of sp³-hybridized carbons (Fsp3) is 0.200. The molecule has 1 aromatic carbocycles. The molecule has 0 bridgehead atoms. The van der Waals surface area contributed by atoms with Crippen LogP contribution in [0.2, 0.25) is 0 Å². The molecule has 0 fully saturated rings. The fourth-order valence-corrected chi connectivity index (χ4v) is 2.45. The highest BCUT2D eigenvalue weighted by Crippen LogP contribution is 2.25. The van der Waals surface area contributed by atoms with Gasteiger partial charge >= 0.3 is 0 Å². The molecular formula is C15H13NO4S. The molecule has 0 spiro atoms. The Morgan fingerprint density at radius 2 is 2.24 bits per heavy atom. The quantitative estimate of drug-likeness (QED) is 0.535. The summed E-state index contributed by atoms with van der Waals surface area (Å²) in [6.07, 6.45) is 0. The zero-order valence-corrected chi connectivity index (χ0v) is 12.1. The van der Waals surface area contributed by atoms with Crippen molar-refractivity contribution >= 4 is 17.0 Å². The molecule has 0 amide bonds. The van der Waals surface area contributed by atoms with Gasteiger partial charge in [-0.15, -0.1) is 11.3 Å². The summed E-state index contributed by atoms with van der Waals surface area (Å²) in [7, 11) is 0. The van der Waals surface area contributed by atoms with E-state index in [1.807, 2.05) is 11.4 Å². The second-order valence-corrected chi connectivity index (χ2v) is 5.25. The molecule has 0 aliphatic carbocycles. The summed E-state index contributed by atoms with van der Waals surface area (Å²) in [6.45, 7) is 1.99. The third-order valence-electron chi connectivity index (χ3n) is 2.70. The van der Waals surface area contributed by atoms with E-state index < -0.39 is 4.92 Å². The Labute approximate surface area is 126 Å². The number of hydrogen-bond acceptors (Lipinski definition) is 5. The molecule has 6 heteroatoms. The molecule has 2 rings (SSSR count). The average molecular weight is 303 g/mol. The van der Waals surface area contributed by atoms with Crippen LogP contribution in [0.15, 0.2) is 29.6 Å². The van der Waals surface area contributed by atoms with Crippen LogP contribution in [0.5, 0.6) is 5.75 Å². The molecule has 0 unspecified atom stereocenters. The molecule has 0 radical (unpaired) electrons. The third kappa shape index (κ3) is 4.05. The van der Waals surface area contributed by atoms with Gasteiger partial charge in [0.2, 0.25) is 0 Å². The van der Waals surface area contributed by atoms with E-state index in [0.717, 1.165) is 16.0 Å². The monoisotopic (exact) mass is 303 g/mol. The molecule has 2 aromatic rings. The number of hydrogen-bond donors (Lipinski definition) is 1. The van der Waals surface area contributed by atoms with E-state index in [4.69, 9.17) is 9.84 Å². The highest BCUT2D eigenvalue weighted by Gasteiger charge is 2.09. The molecule has 108 valence electrons. The Balaban J connectivity index is 2.03. The number of nitrogens with zero attached hydrogens (tertiary/aromatic N) is 1. The van der Waals surface area contributed by atoms with Gasteiger partial charge in [-0.3, -0.25) is 10.1 Å². The standard InChI is InChI=1S/C15H13NO4S/c1-11-7-13(16(18)19)4-5-15(11)20-9-14-8-12(10-21-14)3-2-6-17/h4-5,7-8,10,17H,6,9H2,1H3. The Morgan fingerprint density at radius 3 is 2.90 bits per heavy atom. The van der Waals surface area contributed by atoms with Gasteiger partial charge < -0.3 is 9.84 Å². The van der Waals surface area contributed by atoms with Gasteiger partial charge in [0.1, 0.15) is 19.0 Å². The first-order valence-electron chi connectivity index (χ1n) is 6.15. The molecule has 0 saturated carbocycles. The third-order valence-corrected chi connectivity index (χ3v) is 3.62. The van der Waals surface area contributed by atoms with Gasteiger partial charge in [-0.2, -0.15) is 0 Å². The van der Waals surface area contributed by atoms with Crippen molar-refractivity contribution in [2.45, 2.75) is 13.5 Å².